The van der Waals surface area contributed by atoms with E-state index in [0.29, 0.717) is 6.04 Å². The monoisotopic (exact) mass is 297 g/mol. The lowest BCUT2D eigenvalue weighted by Gasteiger charge is -2.23. The molecule has 0 aliphatic heterocycles. The molecule has 0 fully saturated rings. The molecule has 2 N–H and O–H groups in total. The molecule has 22 heavy (non-hydrogen) atoms. The Labute approximate surface area is 131 Å². The van der Waals surface area contributed by atoms with E-state index in [9.17, 15) is 5.11 Å². The van der Waals surface area contributed by atoms with Crippen LogP contribution in [-0.4, -0.2) is 24.4 Å². The topological polar surface area (TPSA) is 41.5 Å². The van der Waals surface area contributed by atoms with Crippen molar-refractivity contribution in [3.63, 3.8) is 0 Å². The fourth-order valence-corrected chi connectivity index (χ4v) is 3.26. The van der Waals surface area contributed by atoms with E-state index in [1.807, 2.05) is 24.3 Å². The van der Waals surface area contributed by atoms with Gasteiger partial charge in [-0.15, -0.1) is 0 Å². The molecule has 1 aliphatic rings. The number of nitrogens with one attached hydrogen (secondary N) is 1. The molecule has 2 aromatic rings. The maximum absolute atomic E-state index is 10.3. The maximum Gasteiger partial charge on any atom is 0.118 e. The van der Waals surface area contributed by atoms with Crippen LogP contribution in [0.1, 0.15) is 29.7 Å². The van der Waals surface area contributed by atoms with Gasteiger partial charge in [0.2, 0.25) is 0 Å². The normalized spacial score (nSPS) is 21.4. The predicted molar refractivity (Wildman–Crippen MR) is 88.2 cm³/mol. The number of fused-ring (bicyclic) bond motifs is 1. The summed E-state index contributed by atoms with van der Waals surface area (Å²) in [5, 5.41) is 13.9. The number of rotatable bonds is 5. The fraction of sp³-hybridized carbons (Fsp3) is 0.368. The summed E-state index contributed by atoms with van der Waals surface area (Å²) < 4.78 is 5.19. The van der Waals surface area contributed by atoms with E-state index in [1.165, 1.54) is 16.7 Å². The van der Waals surface area contributed by atoms with Gasteiger partial charge in [0.15, 0.2) is 0 Å². The molecule has 0 radical (unpaired) electrons. The van der Waals surface area contributed by atoms with Gasteiger partial charge in [-0.3, -0.25) is 0 Å². The van der Waals surface area contributed by atoms with Gasteiger partial charge in [-0.2, -0.15) is 0 Å². The van der Waals surface area contributed by atoms with Gasteiger partial charge in [-0.25, -0.2) is 0 Å². The van der Waals surface area contributed by atoms with E-state index in [1.54, 1.807) is 7.11 Å². The van der Waals surface area contributed by atoms with Crippen molar-refractivity contribution in [2.24, 2.45) is 0 Å². The van der Waals surface area contributed by atoms with Crippen LogP contribution >= 0.6 is 0 Å². The lowest BCUT2D eigenvalue weighted by atomic mass is 10.0. The quantitative estimate of drug-likeness (QED) is 0.891. The molecule has 0 heterocycles. The van der Waals surface area contributed by atoms with Crippen LogP contribution in [0.2, 0.25) is 0 Å². The first-order chi connectivity index (χ1) is 10.7. The van der Waals surface area contributed by atoms with E-state index < -0.39 is 0 Å². The van der Waals surface area contributed by atoms with Crippen molar-refractivity contribution < 1.29 is 9.84 Å². The number of aliphatic hydroxyl groups is 1. The zero-order valence-electron chi connectivity index (χ0n) is 13.1. The molecule has 3 heteroatoms. The van der Waals surface area contributed by atoms with Gasteiger partial charge in [0.25, 0.3) is 0 Å². The largest absolute Gasteiger partial charge is 0.497 e. The molecule has 3 nitrogen and oxygen atoms in total. The first kappa shape index (κ1) is 15.1. The molecule has 2 aromatic carbocycles. The van der Waals surface area contributed by atoms with Gasteiger partial charge in [-0.1, -0.05) is 36.4 Å². The predicted octanol–water partition coefficient (Wildman–Crippen LogP) is 2.87. The molecule has 1 unspecified atom stereocenters. The summed E-state index contributed by atoms with van der Waals surface area (Å²) in [4.78, 5) is 0. The van der Waals surface area contributed by atoms with Crippen molar-refractivity contribution >= 4 is 0 Å². The molecule has 1 aliphatic carbocycles. The van der Waals surface area contributed by atoms with E-state index in [-0.39, 0.29) is 12.1 Å². The molecule has 0 saturated carbocycles. The minimum Gasteiger partial charge on any atom is -0.497 e. The van der Waals surface area contributed by atoms with Gasteiger partial charge in [0.05, 0.1) is 19.3 Å². The zero-order chi connectivity index (χ0) is 15.5. The summed E-state index contributed by atoms with van der Waals surface area (Å²) in [6, 6.07) is 16.8. The minimum atomic E-state index is -0.337. The highest BCUT2D eigenvalue weighted by atomic mass is 16.5. The van der Waals surface area contributed by atoms with Crippen LogP contribution in [0.25, 0.3) is 0 Å². The van der Waals surface area contributed by atoms with Gasteiger partial charge >= 0.3 is 0 Å². The second-order valence-corrected chi connectivity index (χ2v) is 6.07. The molecule has 3 rings (SSSR count). The van der Waals surface area contributed by atoms with Crippen LogP contribution in [0.5, 0.6) is 5.75 Å². The molecule has 3 atom stereocenters. The first-order valence-corrected chi connectivity index (χ1v) is 7.82. The summed E-state index contributed by atoms with van der Waals surface area (Å²) in [5.74, 6) is 0.879. The Morgan fingerprint density at radius 1 is 1.18 bits per heavy atom. The summed E-state index contributed by atoms with van der Waals surface area (Å²) in [6.07, 6.45) is 1.33. The molecule has 0 bridgehead atoms. The van der Waals surface area contributed by atoms with Gasteiger partial charge < -0.3 is 15.2 Å². The first-order valence-electron chi connectivity index (χ1n) is 7.82. The summed E-state index contributed by atoms with van der Waals surface area (Å²) in [6.45, 7) is 2.16. The summed E-state index contributed by atoms with van der Waals surface area (Å²) in [5.41, 5.74) is 3.75. The average molecular weight is 297 g/mol. The van der Waals surface area contributed by atoms with Gasteiger partial charge in [0, 0.05) is 12.5 Å². The number of hydrogen-bond donors (Lipinski definition) is 2. The van der Waals surface area contributed by atoms with E-state index in [4.69, 9.17) is 4.74 Å². The SMILES string of the molecule is COc1ccc(CC(C)N[C@@H]2c3ccccc3C[C@@H]2O)cc1. The fourth-order valence-electron chi connectivity index (χ4n) is 3.26. The number of methoxy groups -OCH3 is 1. The van der Waals surface area contributed by atoms with E-state index >= 15 is 0 Å². The van der Waals surface area contributed by atoms with Crippen molar-refractivity contribution in [3.05, 3.63) is 65.2 Å². The highest BCUT2D eigenvalue weighted by molar-refractivity contribution is 5.36. The van der Waals surface area contributed by atoms with Crippen LogP contribution in [0, 0.1) is 0 Å². The minimum absolute atomic E-state index is 0.0319. The van der Waals surface area contributed by atoms with Crippen LogP contribution in [0.15, 0.2) is 48.5 Å². The van der Waals surface area contributed by atoms with E-state index in [0.717, 1.165) is 18.6 Å². The Kier molecular flexibility index (Phi) is 4.46. The summed E-state index contributed by atoms with van der Waals surface area (Å²) >= 11 is 0. The molecule has 0 aromatic heterocycles. The Bertz CT molecular complexity index is 624. The lowest BCUT2D eigenvalue weighted by Crippen LogP contribution is -2.36. The highest BCUT2D eigenvalue weighted by Crippen LogP contribution is 2.31. The number of aliphatic hydroxyl groups excluding tert-OH is 1. The van der Waals surface area contributed by atoms with Crippen LogP contribution in [-0.2, 0) is 12.8 Å². The standard InChI is InChI=1S/C19H23NO2/c1-13(11-14-7-9-16(22-2)10-8-14)20-19-17-6-4-3-5-15(17)12-18(19)21/h3-10,13,18-21H,11-12H2,1-2H3/t13?,18-,19+/m0/s1. The smallest absolute Gasteiger partial charge is 0.118 e. The lowest BCUT2D eigenvalue weighted by molar-refractivity contribution is 0.135. The second-order valence-electron chi connectivity index (χ2n) is 6.07. The number of hydrogen-bond acceptors (Lipinski definition) is 3. The van der Waals surface area contributed by atoms with Crippen LogP contribution in [0.3, 0.4) is 0 Å². The Morgan fingerprint density at radius 3 is 2.64 bits per heavy atom. The number of benzene rings is 2. The Morgan fingerprint density at radius 2 is 1.91 bits per heavy atom. The third kappa shape index (κ3) is 3.16. The molecule has 0 saturated heterocycles. The van der Waals surface area contributed by atoms with Gasteiger partial charge in [0.1, 0.15) is 5.75 Å². The van der Waals surface area contributed by atoms with Crippen molar-refractivity contribution in [1.82, 2.24) is 5.32 Å². The van der Waals surface area contributed by atoms with Crippen molar-refractivity contribution in [2.75, 3.05) is 7.11 Å². The molecule has 0 amide bonds. The molecular weight excluding hydrogens is 274 g/mol. The van der Waals surface area contributed by atoms with Crippen LogP contribution in [0.4, 0.5) is 0 Å². The highest BCUT2D eigenvalue weighted by Gasteiger charge is 2.31. The molecule has 116 valence electrons. The third-order valence-electron chi connectivity index (χ3n) is 4.37. The Balaban J connectivity index is 1.65. The number of ether oxygens (including phenoxy) is 1. The molecular formula is C19H23NO2. The molecule has 0 spiro atoms. The zero-order valence-corrected chi connectivity index (χ0v) is 13.1. The van der Waals surface area contributed by atoms with Crippen molar-refractivity contribution in [1.29, 1.82) is 0 Å². The second kappa shape index (κ2) is 6.51. The third-order valence-corrected chi connectivity index (χ3v) is 4.37. The van der Waals surface area contributed by atoms with Gasteiger partial charge in [-0.05, 0) is 42.2 Å². The Hall–Kier alpha value is -1.84. The van der Waals surface area contributed by atoms with Crippen molar-refractivity contribution in [3.8, 4) is 5.75 Å². The van der Waals surface area contributed by atoms with E-state index in [2.05, 4.69) is 36.5 Å². The van der Waals surface area contributed by atoms with Crippen molar-refractivity contribution in [2.45, 2.75) is 38.0 Å². The van der Waals surface area contributed by atoms with Crippen LogP contribution < -0.4 is 10.1 Å². The summed E-state index contributed by atoms with van der Waals surface area (Å²) in [7, 11) is 1.68. The maximum atomic E-state index is 10.3. The average Bonchev–Trinajstić information content (AvgIpc) is 2.84.